The van der Waals surface area contributed by atoms with Crippen LogP contribution in [0.15, 0.2) is 59.1 Å². The van der Waals surface area contributed by atoms with Gasteiger partial charge in [-0.1, -0.05) is 84.6 Å². The fraction of sp³-hybridized carbons (Fsp3) is 0.462. The zero-order valence-electron chi connectivity index (χ0n) is 18.4. The molecule has 1 aliphatic rings. The molecule has 0 radical (unpaired) electrons. The van der Waals surface area contributed by atoms with Gasteiger partial charge in [0.05, 0.1) is 0 Å². The van der Waals surface area contributed by atoms with Crippen molar-refractivity contribution < 1.29 is 9.59 Å². The van der Waals surface area contributed by atoms with Gasteiger partial charge in [-0.25, -0.2) is 0 Å². The summed E-state index contributed by atoms with van der Waals surface area (Å²) in [6, 6.07) is 17.7. The molecule has 1 saturated carbocycles. The third kappa shape index (κ3) is 7.20. The molecule has 2 aromatic carbocycles. The smallest absolute Gasteiger partial charge is 0.243 e. The molecule has 0 aliphatic heterocycles. The molecule has 0 spiro atoms. The molecule has 166 valence electrons. The molecule has 5 heteroatoms. The molecule has 0 heterocycles. The first-order valence-corrected chi connectivity index (χ1v) is 12.2. The van der Waals surface area contributed by atoms with Crippen molar-refractivity contribution in [2.75, 3.05) is 0 Å². The fourth-order valence-electron chi connectivity index (χ4n) is 4.29. The molecule has 1 aliphatic carbocycles. The van der Waals surface area contributed by atoms with Gasteiger partial charge in [-0.2, -0.15) is 0 Å². The fourth-order valence-corrected chi connectivity index (χ4v) is 4.73. The van der Waals surface area contributed by atoms with Gasteiger partial charge in [0.2, 0.25) is 11.8 Å². The SMILES string of the molecule is CCCC(=O)N(Cc1cccc(Br)c1)[C@@H](Cc1ccccc1)C(=O)NC1CCCCC1. The average Bonchev–Trinajstić information content (AvgIpc) is 2.77. The van der Waals surface area contributed by atoms with Crippen LogP contribution in [0.4, 0.5) is 0 Å². The number of hydrogen-bond donors (Lipinski definition) is 1. The Morgan fingerprint density at radius 3 is 2.42 bits per heavy atom. The number of carbonyl (C=O) groups is 2. The second-order valence-corrected chi connectivity index (χ2v) is 9.37. The maximum Gasteiger partial charge on any atom is 0.243 e. The molecule has 0 saturated heterocycles. The molecule has 2 aromatic rings. The first-order valence-electron chi connectivity index (χ1n) is 11.4. The van der Waals surface area contributed by atoms with E-state index in [9.17, 15) is 9.59 Å². The van der Waals surface area contributed by atoms with Gasteiger partial charge >= 0.3 is 0 Å². The van der Waals surface area contributed by atoms with E-state index < -0.39 is 6.04 Å². The van der Waals surface area contributed by atoms with Crippen molar-refractivity contribution in [2.24, 2.45) is 0 Å². The largest absolute Gasteiger partial charge is 0.352 e. The summed E-state index contributed by atoms with van der Waals surface area (Å²) in [5.74, 6) is -0.00240. The predicted molar refractivity (Wildman–Crippen MR) is 129 cm³/mol. The molecule has 1 N–H and O–H groups in total. The standard InChI is InChI=1S/C26H33BrN2O2/c1-2-10-25(30)29(19-21-13-9-14-22(27)17-21)24(18-20-11-5-3-6-12-20)26(31)28-23-15-7-4-8-16-23/h3,5-6,9,11-14,17,23-24H,2,4,7-8,10,15-16,18-19H2,1H3,(H,28,31)/t24-/m0/s1. The molecule has 0 bridgehead atoms. The van der Waals surface area contributed by atoms with Crippen molar-refractivity contribution in [1.82, 2.24) is 10.2 Å². The minimum Gasteiger partial charge on any atom is -0.352 e. The van der Waals surface area contributed by atoms with Crippen LogP contribution in [0.25, 0.3) is 0 Å². The monoisotopic (exact) mass is 484 g/mol. The molecule has 0 aromatic heterocycles. The lowest BCUT2D eigenvalue weighted by Gasteiger charge is -2.33. The highest BCUT2D eigenvalue weighted by Crippen LogP contribution is 2.21. The Balaban J connectivity index is 1.88. The average molecular weight is 485 g/mol. The zero-order chi connectivity index (χ0) is 22.1. The number of nitrogens with one attached hydrogen (secondary N) is 1. The summed E-state index contributed by atoms with van der Waals surface area (Å²) in [6.45, 7) is 2.43. The van der Waals surface area contributed by atoms with Gasteiger partial charge in [0.25, 0.3) is 0 Å². The van der Waals surface area contributed by atoms with Crippen LogP contribution in [0, 0.1) is 0 Å². The number of halogens is 1. The van der Waals surface area contributed by atoms with Crippen LogP contribution in [-0.2, 0) is 22.6 Å². The summed E-state index contributed by atoms with van der Waals surface area (Å²) in [5, 5.41) is 3.27. The summed E-state index contributed by atoms with van der Waals surface area (Å²) < 4.78 is 0.971. The first-order chi connectivity index (χ1) is 15.1. The number of amides is 2. The van der Waals surface area contributed by atoms with E-state index in [0.717, 1.165) is 47.7 Å². The number of benzene rings is 2. The van der Waals surface area contributed by atoms with E-state index in [0.29, 0.717) is 19.4 Å². The summed E-state index contributed by atoms with van der Waals surface area (Å²) in [7, 11) is 0. The lowest BCUT2D eigenvalue weighted by molar-refractivity contribution is -0.141. The summed E-state index contributed by atoms with van der Waals surface area (Å²) in [5.41, 5.74) is 2.08. The minimum absolute atomic E-state index is 0.0298. The highest BCUT2D eigenvalue weighted by molar-refractivity contribution is 9.10. The van der Waals surface area contributed by atoms with Gasteiger partial charge < -0.3 is 10.2 Å². The highest BCUT2D eigenvalue weighted by atomic mass is 79.9. The molecule has 1 atom stereocenters. The summed E-state index contributed by atoms with van der Waals surface area (Å²) in [6.07, 6.45) is 7.32. The Kier molecular flexibility index (Phi) is 9.13. The molecule has 1 fully saturated rings. The van der Waals surface area contributed by atoms with Gasteiger partial charge in [-0.15, -0.1) is 0 Å². The van der Waals surface area contributed by atoms with E-state index in [1.54, 1.807) is 4.90 Å². The third-order valence-electron chi connectivity index (χ3n) is 5.93. The molecule has 3 rings (SSSR count). The molecule has 31 heavy (non-hydrogen) atoms. The normalized spacial score (nSPS) is 15.3. The van der Waals surface area contributed by atoms with Gasteiger partial charge in [0.15, 0.2) is 0 Å². The van der Waals surface area contributed by atoms with E-state index in [1.807, 2.05) is 61.5 Å². The Labute approximate surface area is 194 Å². The van der Waals surface area contributed by atoms with E-state index in [2.05, 4.69) is 21.2 Å². The maximum atomic E-state index is 13.5. The van der Waals surface area contributed by atoms with E-state index in [4.69, 9.17) is 0 Å². The molecular weight excluding hydrogens is 452 g/mol. The van der Waals surface area contributed by atoms with Crippen LogP contribution in [0.1, 0.15) is 63.0 Å². The summed E-state index contributed by atoms with van der Waals surface area (Å²) in [4.78, 5) is 28.5. The van der Waals surface area contributed by atoms with Gasteiger partial charge in [0, 0.05) is 29.9 Å². The lowest BCUT2D eigenvalue weighted by Crippen LogP contribution is -2.52. The van der Waals surface area contributed by atoms with E-state index in [-0.39, 0.29) is 17.9 Å². The van der Waals surface area contributed by atoms with Crippen LogP contribution in [0.5, 0.6) is 0 Å². The second kappa shape index (κ2) is 12.0. The Hall–Kier alpha value is -2.14. The Morgan fingerprint density at radius 1 is 1.03 bits per heavy atom. The van der Waals surface area contributed by atoms with Crippen molar-refractivity contribution in [3.8, 4) is 0 Å². The second-order valence-electron chi connectivity index (χ2n) is 8.45. The predicted octanol–water partition coefficient (Wildman–Crippen LogP) is 5.64. The number of nitrogens with zero attached hydrogens (tertiary/aromatic N) is 1. The van der Waals surface area contributed by atoms with Crippen molar-refractivity contribution >= 4 is 27.7 Å². The van der Waals surface area contributed by atoms with Crippen molar-refractivity contribution in [2.45, 2.75) is 76.9 Å². The quantitative estimate of drug-likeness (QED) is 0.500. The molecule has 2 amide bonds. The van der Waals surface area contributed by atoms with Crippen molar-refractivity contribution in [1.29, 1.82) is 0 Å². The van der Waals surface area contributed by atoms with Crippen LogP contribution < -0.4 is 5.32 Å². The third-order valence-corrected chi connectivity index (χ3v) is 6.42. The zero-order valence-corrected chi connectivity index (χ0v) is 19.9. The van der Waals surface area contributed by atoms with E-state index in [1.165, 1.54) is 6.42 Å². The number of carbonyl (C=O) groups excluding carboxylic acids is 2. The van der Waals surface area contributed by atoms with Crippen LogP contribution in [0.3, 0.4) is 0 Å². The molecular formula is C26H33BrN2O2. The van der Waals surface area contributed by atoms with Crippen LogP contribution in [0.2, 0.25) is 0 Å². The lowest BCUT2D eigenvalue weighted by atomic mass is 9.94. The van der Waals surface area contributed by atoms with Crippen molar-refractivity contribution in [3.63, 3.8) is 0 Å². The van der Waals surface area contributed by atoms with Crippen LogP contribution >= 0.6 is 15.9 Å². The highest BCUT2D eigenvalue weighted by Gasteiger charge is 2.31. The summed E-state index contributed by atoms with van der Waals surface area (Å²) >= 11 is 3.52. The molecule has 4 nitrogen and oxygen atoms in total. The Bertz CT molecular complexity index is 849. The molecule has 0 unspecified atom stereocenters. The maximum absolute atomic E-state index is 13.5. The number of hydrogen-bond acceptors (Lipinski definition) is 2. The van der Waals surface area contributed by atoms with E-state index >= 15 is 0 Å². The minimum atomic E-state index is -0.526. The van der Waals surface area contributed by atoms with Gasteiger partial charge in [-0.3, -0.25) is 9.59 Å². The van der Waals surface area contributed by atoms with Crippen molar-refractivity contribution in [3.05, 3.63) is 70.2 Å². The topological polar surface area (TPSA) is 49.4 Å². The van der Waals surface area contributed by atoms with Crippen LogP contribution in [-0.4, -0.2) is 28.8 Å². The number of rotatable bonds is 9. The first kappa shape index (κ1) is 23.5. The van der Waals surface area contributed by atoms with Gasteiger partial charge in [0.1, 0.15) is 6.04 Å². The van der Waals surface area contributed by atoms with Gasteiger partial charge in [-0.05, 0) is 42.5 Å². The Morgan fingerprint density at radius 2 is 1.74 bits per heavy atom.